The molecule has 0 unspecified atom stereocenters. The summed E-state index contributed by atoms with van der Waals surface area (Å²) >= 11 is 0. The van der Waals surface area contributed by atoms with Crippen molar-refractivity contribution in [3.63, 3.8) is 0 Å². The molecule has 7 heteroatoms. The van der Waals surface area contributed by atoms with Crippen molar-refractivity contribution in [1.82, 2.24) is 24.2 Å². The average Bonchev–Trinajstić information content (AvgIpc) is 3.24. The predicted molar refractivity (Wildman–Crippen MR) is 136 cm³/mol. The van der Waals surface area contributed by atoms with Crippen LogP contribution in [0.15, 0.2) is 36.5 Å². The number of hydrogen-bond donors (Lipinski definition) is 1. The Hall–Kier alpha value is -2.48. The van der Waals surface area contributed by atoms with E-state index in [1.165, 1.54) is 5.56 Å². The first-order valence-corrected chi connectivity index (χ1v) is 12.8. The highest BCUT2D eigenvalue weighted by atomic mass is 16.3. The molecule has 2 saturated heterocycles. The molecular formula is C27H38N6O. The lowest BCUT2D eigenvalue weighted by molar-refractivity contribution is 0.103. The van der Waals surface area contributed by atoms with Crippen molar-refractivity contribution < 1.29 is 5.11 Å². The third-order valence-electron chi connectivity index (χ3n) is 7.84. The number of pyridine rings is 2. The van der Waals surface area contributed by atoms with Crippen LogP contribution in [-0.4, -0.2) is 69.5 Å². The Kier molecular flexibility index (Phi) is 6.60. The second-order valence-corrected chi connectivity index (χ2v) is 10.0. The molecule has 3 atom stereocenters. The number of likely N-dealkylation sites (N-methyl/N-ethyl adjacent to an activating group) is 1. The third-order valence-corrected chi connectivity index (χ3v) is 7.84. The largest absolute Gasteiger partial charge is 0.387 e. The molecule has 182 valence electrons. The number of aryl methyl sites for hydroxylation is 1. The number of likely N-dealkylation sites (tertiary alicyclic amines) is 1. The van der Waals surface area contributed by atoms with Crippen LogP contribution >= 0.6 is 0 Å². The number of rotatable bonds is 5. The number of fused-ring (bicyclic) bond motifs is 1. The van der Waals surface area contributed by atoms with Gasteiger partial charge in [-0.05, 0) is 70.5 Å². The van der Waals surface area contributed by atoms with Gasteiger partial charge in [-0.3, -0.25) is 14.3 Å². The van der Waals surface area contributed by atoms with Crippen LogP contribution in [0.25, 0.3) is 5.65 Å². The van der Waals surface area contributed by atoms with Crippen molar-refractivity contribution in [2.75, 3.05) is 45.2 Å². The lowest BCUT2D eigenvalue weighted by atomic mass is 9.89. The first-order valence-electron chi connectivity index (χ1n) is 12.8. The number of aliphatic hydroxyl groups excluding tert-OH is 1. The summed E-state index contributed by atoms with van der Waals surface area (Å²) in [6.07, 6.45) is 5.27. The molecule has 0 spiro atoms. The monoisotopic (exact) mass is 462 g/mol. The van der Waals surface area contributed by atoms with Gasteiger partial charge in [0.05, 0.1) is 35.3 Å². The number of anilines is 1. The molecule has 3 aromatic heterocycles. The first-order chi connectivity index (χ1) is 16.5. The van der Waals surface area contributed by atoms with E-state index in [2.05, 4.69) is 71.3 Å². The summed E-state index contributed by atoms with van der Waals surface area (Å²) in [4.78, 5) is 17.2. The second kappa shape index (κ2) is 9.64. The van der Waals surface area contributed by atoms with Crippen molar-refractivity contribution in [1.29, 1.82) is 0 Å². The molecule has 0 bridgehead atoms. The molecule has 0 radical (unpaired) electrons. The van der Waals surface area contributed by atoms with E-state index in [1.807, 2.05) is 12.3 Å². The number of imidazole rings is 1. The van der Waals surface area contributed by atoms with E-state index in [0.717, 1.165) is 74.0 Å². The molecule has 34 heavy (non-hydrogen) atoms. The summed E-state index contributed by atoms with van der Waals surface area (Å²) in [6, 6.07) is 10.9. The minimum atomic E-state index is -0.552. The minimum absolute atomic E-state index is 0.150. The van der Waals surface area contributed by atoms with Crippen LogP contribution in [0.2, 0.25) is 0 Å². The number of piperidine rings is 1. The zero-order chi connectivity index (χ0) is 23.8. The molecule has 0 amide bonds. The van der Waals surface area contributed by atoms with Crippen LogP contribution in [-0.2, 0) is 0 Å². The lowest BCUT2D eigenvalue weighted by Gasteiger charge is -2.39. The van der Waals surface area contributed by atoms with E-state index < -0.39 is 6.10 Å². The number of piperazine rings is 1. The second-order valence-electron chi connectivity index (χ2n) is 10.0. The molecule has 2 aliphatic rings. The van der Waals surface area contributed by atoms with Crippen molar-refractivity contribution in [3.8, 4) is 0 Å². The fourth-order valence-corrected chi connectivity index (χ4v) is 5.79. The molecule has 7 nitrogen and oxygen atoms in total. The van der Waals surface area contributed by atoms with Gasteiger partial charge >= 0.3 is 0 Å². The maximum Gasteiger partial charge on any atom is 0.139 e. The third kappa shape index (κ3) is 4.10. The summed E-state index contributed by atoms with van der Waals surface area (Å²) in [7, 11) is 4.38. The number of hydrogen-bond acceptors (Lipinski definition) is 6. The zero-order valence-electron chi connectivity index (χ0n) is 21.0. The van der Waals surface area contributed by atoms with Gasteiger partial charge in [0.1, 0.15) is 11.5 Å². The fraction of sp³-hybridized carbons (Fsp3) is 0.556. The maximum atomic E-state index is 11.3. The summed E-state index contributed by atoms with van der Waals surface area (Å²) in [6.45, 7) is 8.25. The molecule has 2 fully saturated rings. The van der Waals surface area contributed by atoms with Gasteiger partial charge in [-0.15, -0.1) is 0 Å². The standard InChI is InChI=1S/C27H38N6O/c1-5-22(34)27-26(21-11-6-10-20(31(21)4)25-19(2)9-8-14-28-25)29-23-12-7-13-24(33(23)27)32-17-15-30(3)16-18-32/h7-9,12-14,20-22,34H,5-6,10-11,15-18H2,1-4H3/t20-,21+,22+/m0/s1. The fourth-order valence-electron chi connectivity index (χ4n) is 5.79. The highest BCUT2D eigenvalue weighted by molar-refractivity contribution is 5.56. The Balaban J connectivity index is 1.59. The summed E-state index contributed by atoms with van der Waals surface area (Å²) < 4.78 is 2.23. The van der Waals surface area contributed by atoms with Gasteiger partial charge in [-0.1, -0.05) is 19.1 Å². The van der Waals surface area contributed by atoms with Gasteiger partial charge in [0.2, 0.25) is 0 Å². The van der Waals surface area contributed by atoms with E-state index in [-0.39, 0.29) is 12.1 Å². The molecule has 5 heterocycles. The van der Waals surface area contributed by atoms with E-state index >= 15 is 0 Å². The summed E-state index contributed by atoms with van der Waals surface area (Å²) in [5, 5.41) is 11.3. The SMILES string of the molecule is CC[C@@H](O)c1c([C@H]2CCC[C@@H](c3ncccc3C)N2C)nc2cccc(N3CCN(C)CC3)n12. The Bertz CT molecular complexity index is 1140. The van der Waals surface area contributed by atoms with Crippen molar-refractivity contribution in [2.45, 2.75) is 57.7 Å². The normalized spacial score (nSPS) is 23.5. The number of nitrogens with zero attached hydrogens (tertiary/aromatic N) is 6. The zero-order valence-corrected chi connectivity index (χ0v) is 21.0. The van der Waals surface area contributed by atoms with Gasteiger partial charge < -0.3 is 14.9 Å². The number of aliphatic hydroxyl groups is 1. The van der Waals surface area contributed by atoms with Crippen molar-refractivity contribution >= 4 is 11.5 Å². The van der Waals surface area contributed by atoms with Crippen molar-refractivity contribution in [3.05, 3.63) is 59.2 Å². The van der Waals surface area contributed by atoms with Gasteiger partial charge in [-0.25, -0.2) is 4.98 Å². The van der Waals surface area contributed by atoms with Crippen LogP contribution < -0.4 is 4.90 Å². The molecule has 0 saturated carbocycles. The van der Waals surface area contributed by atoms with E-state index in [1.54, 1.807) is 0 Å². The smallest absolute Gasteiger partial charge is 0.139 e. The van der Waals surface area contributed by atoms with Gasteiger partial charge in [-0.2, -0.15) is 0 Å². The van der Waals surface area contributed by atoms with Crippen molar-refractivity contribution in [2.24, 2.45) is 0 Å². The van der Waals surface area contributed by atoms with Crippen LogP contribution in [0, 0.1) is 6.92 Å². The molecule has 1 N–H and O–H groups in total. The quantitative estimate of drug-likeness (QED) is 0.615. The molecule has 2 aliphatic heterocycles. The van der Waals surface area contributed by atoms with E-state index in [9.17, 15) is 5.11 Å². The van der Waals surface area contributed by atoms with Crippen LogP contribution in [0.5, 0.6) is 0 Å². The van der Waals surface area contributed by atoms with Gasteiger partial charge in [0.25, 0.3) is 0 Å². The summed E-state index contributed by atoms with van der Waals surface area (Å²) in [5.74, 6) is 1.14. The summed E-state index contributed by atoms with van der Waals surface area (Å²) in [5.41, 5.74) is 5.31. The molecule has 0 aromatic carbocycles. The lowest BCUT2D eigenvalue weighted by Crippen LogP contribution is -2.45. The first kappa shape index (κ1) is 23.3. The Morgan fingerprint density at radius 3 is 2.44 bits per heavy atom. The highest BCUT2D eigenvalue weighted by Crippen LogP contribution is 2.43. The maximum absolute atomic E-state index is 11.3. The molecule has 3 aromatic rings. The number of aromatic nitrogens is 3. The Morgan fingerprint density at radius 1 is 1.00 bits per heavy atom. The predicted octanol–water partition coefficient (Wildman–Crippen LogP) is 4.13. The average molecular weight is 463 g/mol. The topological polar surface area (TPSA) is 60.1 Å². The van der Waals surface area contributed by atoms with Crippen LogP contribution in [0.4, 0.5) is 5.82 Å². The molecular weight excluding hydrogens is 424 g/mol. The Labute approximate surface area is 203 Å². The van der Waals surface area contributed by atoms with E-state index in [0.29, 0.717) is 6.42 Å². The molecule has 0 aliphatic carbocycles. The van der Waals surface area contributed by atoms with Gasteiger partial charge in [0.15, 0.2) is 0 Å². The van der Waals surface area contributed by atoms with Gasteiger partial charge in [0, 0.05) is 32.4 Å². The van der Waals surface area contributed by atoms with Crippen LogP contribution in [0.1, 0.15) is 73.4 Å². The minimum Gasteiger partial charge on any atom is -0.387 e. The highest BCUT2D eigenvalue weighted by Gasteiger charge is 2.36. The van der Waals surface area contributed by atoms with Crippen LogP contribution in [0.3, 0.4) is 0 Å². The Morgan fingerprint density at radius 2 is 1.74 bits per heavy atom. The molecule has 5 rings (SSSR count). The van der Waals surface area contributed by atoms with E-state index in [4.69, 9.17) is 9.97 Å².